The first-order valence-electron chi connectivity index (χ1n) is 7.25. The fourth-order valence-corrected chi connectivity index (χ4v) is 3.43. The van der Waals surface area contributed by atoms with E-state index in [2.05, 4.69) is 27.4 Å². The Morgan fingerprint density at radius 3 is 3.00 bits per heavy atom. The van der Waals surface area contributed by atoms with Gasteiger partial charge in [0.05, 0.1) is 20.8 Å². The van der Waals surface area contributed by atoms with E-state index in [0.717, 1.165) is 37.7 Å². The first-order valence-corrected chi connectivity index (χ1v) is 8.13. The molecule has 0 aromatic carbocycles. The number of methoxy groups -OCH3 is 2. The molecule has 0 aliphatic carbocycles. The SMILES string of the molecule is COc1ccnc(CN2CCOC(c3cccs3)C2)c1OC. The summed E-state index contributed by atoms with van der Waals surface area (Å²) in [6.45, 7) is 3.22. The van der Waals surface area contributed by atoms with E-state index in [1.807, 2.05) is 6.07 Å². The number of morpholine rings is 1. The minimum Gasteiger partial charge on any atom is -0.493 e. The van der Waals surface area contributed by atoms with Crippen LogP contribution in [0, 0.1) is 0 Å². The minimum absolute atomic E-state index is 0.144. The van der Waals surface area contributed by atoms with E-state index in [1.165, 1.54) is 4.88 Å². The number of hydrogen-bond donors (Lipinski definition) is 0. The van der Waals surface area contributed by atoms with Crippen LogP contribution in [0.2, 0.25) is 0 Å². The molecule has 1 aliphatic rings. The number of aromatic nitrogens is 1. The molecule has 6 heteroatoms. The first-order chi connectivity index (χ1) is 10.8. The van der Waals surface area contributed by atoms with Gasteiger partial charge in [-0.1, -0.05) is 6.07 Å². The Labute approximate surface area is 134 Å². The number of ether oxygens (including phenoxy) is 3. The van der Waals surface area contributed by atoms with Gasteiger partial charge in [-0.3, -0.25) is 9.88 Å². The Balaban J connectivity index is 1.73. The van der Waals surface area contributed by atoms with Crippen LogP contribution in [0.5, 0.6) is 11.5 Å². The average Bonchev–Trinajstić information content (AvgIpc) is 3.09. The monoisotopic (exact) mass is 320 g/mol. The predicted molar refractivity (Wildman–Crippen MR) is 85.6 cm³/mol. The number of hydrogen-bond acceptors (Lipinski definition) is 6. The van der Waals surface area contributed by atoms with E-state index in [0.29, 0.717) is 5.75 Å². The summed E-state index contributed by atoms with van der Waals surface area (Å²) < 4.78 is 16.7. The molecule has 0 bridgehead atoms. The summed E-state index contributed by atoms with van der Waals surface area (Å²) in [5.41, 5.74) is 0.897. The van der Waals surface area contributed by atoms with Gasteiger partial charge >= 0.3 is 0 Å². The normalized spacial score (nSPS) is 19.1. The van der Waals surface area contributed by atoms with Crippen molar-refractivity contribution in [1.82, 2.24) is 9.88 Å². The van der Waals surface area contributed by atoms with Crippen molar-refractivity contribution in [2.24, 2.45) is 0 Å². The number of nitrogens with zero attached hydrogens (tertiary/aromatic N) is 2. The van der Waals surface area contributed by atoms with Gasteiger partial charge < -0.3 is 14.2 Å². The zero-order valence-corrected chi connectivity index (χ0v) is 13.6. The Morgan fingerprint density at radius 1 is 1.36 bits per heavy atom. The maximum absolute atomic E-state index is 5.88. The van der Waals surface area contributed by atoms with Crippen molar-refractivity contribution in [1.29, 1.82) is 0 Å². The molecule has 0 radical (unpaired) electrons. The number of pyridine rings is 1. The smallest absolute Gasteiger partial charge is 0.183 e. The van der Waals surface area contributed by atoms with Crippen molar-refractivity contribution in [3.63, 3.8) is 0 Å². The Hall–Kier alpha value is -1.63. The Morgan fingerprint density at radius 2 is 2.27 bits per heavy atom. The lowest BCUT2D eigenvalue weighted by molar-refractivity contribution is -0.0317. The summed E-state index contributed by atoms with van der Waals surface area (Å²) >= 11 is 1.74. The molecule has 0 amide bonds. The molecule has 118 valence electrons. The van der Waals surface area contributed by atoms with Gasteiger partial charge in [0, 0.05) is 36.8 Å². The van der Waals surface area contributed by atoms with E-state index in [-0.39, 0.29) is 6.10 Å². The highest BCUT2D eigenvalue weighted by atomic mass is 32.1. The molecule has 22 heavy (non-hydrogen) atoms. The molecule has 3 heterocycles. The molecule has 0 spiro atoms. The van der Waals surface area contributed by atoms with Crippen LogP contribution in [0.4, 0.5) is 0 Å². The second-order valence-electron chi connectivity index (χ2n) is 5.10. The highest BCUT2D eigenvalue weighted by molar-refractivity contribution is 7.10. The van der Waals surface area contributed by atoms with Crippen LogP contribution in [0.3, 0.4) is 0 Å². The van der Waals surface area contributed by atoms with Gasteiger partial charge in [0.25, 0.3) is 0 Å². The molecule has 2 aromatic rings. The lowest BCUT2D eigenvalue weighted by Crippen LogP contribution is -2.37. The first kappa shape index (κ1) is 15.3. The van der Waals surface area contributed by atoms with E-state index in [1.54, 1.807) is 31.8 Å². The van der Waals surface area contributed by atoms with Gasteiger partial charge in [0.15, 0.2) is 11.5 Å². The van der Waals surface area contributed by atoms with Crippen LogP contribution in [0.15, 0.2) is 29.8 Å². The second-order valence-corrected chi connectivity index (χ2v) is 6.08. The van der Waals surface area contributed by atoms with Crippen LogP contribution in [0.1, 0.15) is 16.7 Å². The summed E-state index contributed by atoms with van der Waals surface area (Å²) in [5, 5.41) is 2.09. The van der Waals surface area contributed by atoms with E-state index in [9.17, 15) is 0 Å². The van der Waals surface area contributed by atoms with Crippen molar-refractivity contribution in [2.75, 3.05) is 33.9 Å². The van der Waals surface area contributed by atoms with Crippen molar-refractivity contribution in [3.05, 3.63) is 40.3 Å². The van der Waals surface area contributed by atoms with Crippen molar-refractivity contribution in [2.45, 2.75) is 12.6 Å². The minimum atomic E-state index is 0.144. The molecule has 1 fully saturated rings. The summed E-state index contributed by atoms with van der Waals surface area (Å²) in [7, 11) is 3.29. The van der Waals surface area contributed by atoms with Crippen molar-refractivity contribution >= 4 is 11.3 Å². The topological polar surface area (TPSA) is 43.8 Å². The number of thiophene rings is 1. The average molecular weight is 320 g/mol. The molecule has 1 unspecified atom stereocenters. The fourth-order valence-electron chi connectivity index (χ4n) is 2.67. The highest BCUT2D eigenvalue weighted by Gasteiger charge is 2.24. The Bertz CT molecular complexity index is 603. The number of rotatable bonds is 5. The largest absolute Gasteiger partial charge is 0.493 e. The van der Waals surface area contributed by atoms with Gasteiger partial charge in [-0.05, 0) is 11.4 Å². The van der Waals surface area contributed by atoms with Crippen molar-refractivity contribution in [3.8, 4) is 11.5 Å². The van der Waals surface area contributed by atoms with E-state index < -0.39 is 0 Å². The summed E-state index contributed by atoms with van der Waals surface area (Å²) in [5.74, 6) is 1.43. The molecular weight excluding hydrogens is 300 g/mol. The third-order valence-electron chi connectivity index (χ3n) is 3.75. The molecule has 5 nitrogen and oxygen atoms in total. The molecule has 3 rings (SSSR count). The molecule has 1 atom stereocenters. The van der Waals surface area contributed by atoms with Gasteiger partial charge in [0.1, 0.15) is 11.8 Å². The van der Waals surface area contributed by atoms with Gasteiger partial charge in [0.2, 0.25) is 0 Å². The summed E-state index contributed by atoms with van der Waals surface area (Å²) in [4.78, 5) is 8.07. The zero-order chi connectivity index (χ0) is 15.4. The lowest BCUT2D eigenvalue weighted by atomic mass is 10.2. The van der Waals surface area contributed by atoms with E-state index >= 15 is 0 Å². The van der Waals surface area contributed by atoms with Crippen LogP contribution in [-0.2, 0) is 11.3 Å². The predicted octanol–water partition coefficient (Wildman–Crippen LogP) is 2.73. The molecule has 0 saturated carbocycles. The van der Waals surface area contributed by atoms with Crippen LogP contribution >= 0.6 is 11.3 Å². The third kappa shape index (κ3) is 3.24. The second kappa shape index (κ2) is 7.09. The van der Waals surface area contributed by atoms with Gasteiger partial charge in [-0.15, -0.1) is 11.3 Å². The maximum Gasteiger partial charge on any atom is 0.183 e. The standard InChI is InChI=1S/C16H20N2O3S/c1-19-13-5-6-17-12(16(13)20-2)10-18-7-8-21-14(11-18)15-4-3-9-22-15/h3-6,9,14H,7-8,10-11H2,1-2H3. The van der Waals surface area contributed by atoms with Crippen LogP contribution < -0.4 is 9.47 Å². The molecule has 1 aliphatic heterocycles. The van der Waals surface area contributed by atoms with Crippen molar-refractivity contribution < 1.29 is 14.2 Å². The van der Waals surface area contributed by atoms with Gasteiger partial charge in [-0.25, -0.2) is 0 Å². The van der Waals surface area contributed by atoms with Crippen LogP contribution in [0.25, 0.3) is 0 Å². The molecular formula is C16H20N2O3S. The fraction of sp³-hybridized carbons (Fsp3) is 0.438. The van der Waals surface area contributed by atoms with E-state index in [4.69, 9.17) is 14.2 Å². The van der Waals surface area contributed by atoms with Crippen LogP contribution in [-0.4, -0.2) is 43.8 Å². The molecule has 1 saturated heterocycles. The quantitative estimate of drug-likeness (QED) is 0.847. The molecule has 0 N–H and O–H groups in total. The highest BCUT2D eigenvalue weighted by Crippen LogP contribution is 2.31. The summed E-state index contributed by atoms with van der Waals surface area (Å²) in [6.07, 6.45) is 1.90. The van der Waals surface area contributed by atoms with Gasteiger partial charge in [-0.2, -0.15) is 0 Å². The maximum atomic E-state index is 5.88. The Kier molecular flexibility index (Phi) is 4.92. The zero-order valence-electron chi connectivity index (χ0n) is 12.8. The summed E-state index contributed by atoms with van der Waals surface area (Å²) in [6, 6.07) is 6.01. The lowest BCUT2D eigenvalue weighted by Gasteiger charge is -2.32. The molecule has 2 aromatic heterocycles. The third-order valence-corrected chi connectivity index (χ3v) is 4.72.